The molecule has 9 rings (SSSR count). The molecule has 176 valence electrons. The molecular weight excluding hydrogens is 464 g/mol. The molecule has 0 saturated carbocycles. The van der Waals surface area contributed by atoms with Crippen LogP contribution >= 0.6 is 0 Å². The van der Waals surface area contributed by atoms with Crippen molar-refractivity contribution < 1.29 is 4.42 Å². The van der Waals surface area contributed by atoms with Gasteiger partial charge in [0.25, 0.3) is 0 Å². The molecule has 0 amide bonds. The number of hydrogen-bond acceptors (Lipinski definition) is 2. The lowest BCUT2D eigenvalue weighted by Gasteiger charge is -2.12. The average molecular weight is 485 g/mol. The third-order valence-electron chi connectivity index (χ3n) is 7.91. The molecule has 0 saturated heterocycles. The number of benzene rings is 6. The van der Waals surface area contributed by atoms with Crippen LogP contribution in [-0.4, -0.2) is 9.55 Å². The monoisotopic (exact) mass is 484 g/mol. The van der Waals surface area contributed by atoms with Gasteiger partial charge in [-0.25, -0.2) is 4.98 Å². The highest BCUT2D eigenvalue weighted by atomic mass is 16.4. The first-order valence-electron chi connectivity index (χ1n) is 12.9. The van der Waals surface area contributed by atoms with Gasteiger partial charge in [0.05, 0.1) is 11.0 Å². The Morgan fingerprint density at radius 2 is 1.32 bits per heavy atom. The van der Waals surface area contributed by atoms with Gasteiger partial charge in [-0.05, 0) is 58.6 Å². The molecule has 0 N–H and O–H groups in total. The van der Waals surface area contributed by atoms with Gasteiger partial charge >= 0.3 is 0 Å². The summed E-state index contributed by atoms with van der Waals surface area (Å²) in [6, 6.07) is 43.1. The lowest BCUT2D eigenvalue weighted by molar-refractivity contribution is 0.590. The van der Waals surface area contributed by atoms with Crippen LogP contribution in [0.3, 0.4) is 0 Å². The molecular formula is C35H20N2O. The Morgan fingerprint density at radius 3 is 2.21 bits per heavy atom. The Bertz CT molecular complexity index is 2230. The van der Waals surface area contributed by atoms with E-state index in [4.69, 9.17) is 9.40 Å². The van der Waals surface area contributed by atoms with Crippen LogP contribution < -0.4 is 0 Å². The van der Waals surface area contributed by atoms with Crippen LogP contribution in [0.15, 0.2) is 126 Å². The molecule has 2 aromatic heterocycles. The summed E-state index contributed by atoms with van der Waals surface area (Å²) in [6.45, 7) is 0. The maximum absolute atomic E-state index is 6.47. The summed E-state index contributed by atoms with van der Waals surface area (Å²) in [5.41, 5.74) is 7.67. The van der Waals surface area contributed by atoms with E-state index in [9.17, 15) is 0 Å². The Morgan fingerprint density at radius 1 is 0.553 bits per heavy atom. The normalized spacial score (nSPS) is 12.2. The van der Waals surface area contributed by atoms with Gasteiger partial charge in [-0.1, -0.05) is 78.9 Å². The highest BCUT2D eigenvalue weighted by Crippen LogP contribution is 2.49. The first-order chi connectivity index (χ1) is 18.8. The summed E-state index contributed by atoms with van der Waals surface area (Å²) in [4.78, 5) is 4.95. The van der Waals surface area contributed by atoms with Crippen molar-refractivity contribution in [3.8, 4) is 39.7 Å². The van der Waals surface area contributed by atoms with Crippen molar-refractivity contribution >= 4 is 43.4 Å². The fraction of sp³-hybridized carbons (Fsp3) is 0. The number of para-hydroxylation sites is 1. The van der Waals surface area contributed by atoms with Gasteiger partial charge in [-0.3, -0.25) is 0 Å². The van der Waals surface area contributed by atoms with E-state index in [-0.39, 0.29) is 0 Å². The van der Waals surface area contributed by atoms with Crippen LogP contribution in [0, 0.1) is 0 Å². The molecule has 3 nitrogen and oxygen atoms in total. The Labute approximate surface area is 218 Å². The number of nitrogens with zero attached hydrogens (tertiary/aromatic N) is 2. The standard InChI is InChI=1S/C35H20N2O/c1-2-9-21(10-3-1)35-36-33-27-15-8-13-24-17-25(20-29(32(24)27)34(33)38-35)37-30-16-7-6-14-26(30)28-18-22-11-4-5-12-23(22)19-31(28)37/h1-20H. The van der Waals surface area contributed by atoms with E-state index >= 15 is 0 Å². The number of hydrogen-bond donors (Lipinski definition) is 0. The molecule has 1 aliphatic carbocycles. The van der Waals surface area contributed by atoms with E-state index in [1.807, 2.05) is 30.3 Å². The number of aromatic nitrogens is 2. The molecule has 3 heteroatoms. The van der Waals surface area contributed by atoms with Crippen molar-refractivity contribution in [3.05, 3.63) is 121 Å². The molecule has 0 atom stereocenters. The number of oxazole rings is 1. The van der Waals surface area contributed by atoms with Crippen LogP contribution in [0.2, 0.25) is 0 Å². The van der Waals surface area contributed by atoms with Gasteiger partial charge in [0.2, 0.25) is 5.89 Å². The molecule has 0 aliphatic heterocycles. The minimum atomic E-state index is 0.659. The van der Waals surface area contributed by atoms with Crippen molar-refractivity contribution in [2.45, 2.75) is 0 Å². The van der Waals surface area contributed by atoms with Crippen molar-refractivity contribution in [1.29, 1.82) is 0 Å². The fourth-order valence-electron chi connectivity index (χ4n) is 6.24. The van der Waals surface area contributed by atoms with Gasteiger partial charge in [0.15, 0.2) is 5.76 Å². The zero-order valence-corrected chi connectivity index (χ0v) is 20.3. The molecule has 0 bridgehead atoms. The third-order valence-corrected chi connectivity index (χ3v) is 7.91. The summed E-state index contributed by atoms with van der Waals surface area (Å²) in [5.74, 6) is 1.51. The van der Waals surface area contributed by atoms with Crippen molar-refractivity contribution in [2.75, 3.05) is 0 Å². The topological polar surface area (TPSA) is 31.0 Å². The number of fused-ring (bicyclic) bond motifs is 7. The lowest BCUT2D eigenvalue weighted by atomic mass is 10.0. The second-order valence-electron chi connectivity index (χ2n) is 10.0. The molecule has 0 fully saturated rings. The molecule has 2 heterocycles. The first-order valence-corrected chi connectivity index (χ1v) is 12.9. The summed E-state index contributed by atoms with van der Waals surface area (Å²) in [5, 5.41) is 7.41. The molecule has 8 aromatic rings. The zero-order valence-electron chi connectivity index (χ0n) is 20.3. The van der Waals surface area contributed by atoms with E-state index in [1.165, 1.54) is 43.4 Å². The summed E-state index contributed by atoms with van der Waals surface area (Å²) in [7, 11) is 0. The highest BCUT2D eigenvalue weighted by Gasteiger charge is 2.29. The lowest BCUT2D eigenvalue weighted by Crippen LogP contribution is -1.95. The van der Waals surface area contributed by atoms with Gasteiger partial charge < -0.3 is 8.98 Å². The predicted octanol–water partition coefficient (Wildman–Crippen LogP) is 9.39. The van der Waals surface area contributed by atoms with Crippen molar-refractivity contribution in [1.82, 2.24) is 9.55 Å². The molecule has 0 spiro atoms. The van der Waals surface area contributed by atoms with Gasteiger partial charge in [0.1, 0.15) is 5.69 Å². The average Bonchev–Trinajstić information content (AvgIpc) is 3.63. The van der Waals surface area contributed by atoms with Crippen LogP contribution in [0.5, 0.6) is 0 Å². The Kier molecular flexibility index (Phi) is 3.79. The van der Waals surface area contributed by atoms with Crippen LogP contribution in [-0.2, 0) is 0 Å². The Hall–Kier alpha value is -5.15. The highest BCUT2D eigenvalue weighted by molar-refractivity contribution is 6.16. The van der Waals surface area contributed by atoms with E-state index in [0.29, 0.717) is 5.89 Å². The molecule has 38 heavy (non-hydrogen) atoms. The summed E-state index contributed by atoms with van der Waals surface area (Å²) < 4.78 is 8.86. The van der Waals surface area contributed by atoms with Crippen molar-refractivity contribution in [3.63, 3.8) is 0 Å². The molecule has 6 aromatic carbocycles. The van der Waals surface area contributed by atoms with E-state index in [2.05, 4.69) is 95.6 Å². The van der Waals surface area contributed by atoms with Crippen LogP contribution in [0.25, 0.3) is 83.1 Å². The van der Waals surface area contributed by atoms with Gasteiger partial charge in [0, 0.05) is 38.5 Å². The second kappa shape index (κ2) is 7.21. The smallest absolute Gasteiger partial charge is 0.227 e. The minimum Gasteiger partial charge on any atom is -0.435 e. The van der Waals surface area contributed by atoms with Crippen molar-refractivity contribution in [2.24, 2.45) is 0 Å². The maximum atomic E-state index is 6.47. The van der Waals surface area contributed by atoms with E-state index < -0.39 is 0 Å². The fourth-order valence-corrected chi connectivity index (χ4v) is 6.24. The largest absolute Gasteiger partial charge is 0.435 e. The SMILES string of the molecule is c1ccc(-c2nc3c(o2)-c2cc(-n4c5ccccc5c5cc6ccccc6cc54)cc4cccc-3c24)cc1. The second-order valence-corrected chi connectivity index (χ2v) is 10.0. The summed E-state index contributed by atoms with van der Waals surface area (Å²) in [6.07, 6.45) is 0. The minimum absolute atomic E-state index is 0.659. The third kappa shape index (κ3) is 2.60. The summed E-state index contributed by atoms with van der Waals surface area (Å²) >= 11 is 0. The van der Waals surface area contributed by atoms with E-state index in [1.54, 1.807) is 0 Å². The Balaban J connectivity index is 1.36. The zero-order chi connectivity index (χ0) is 24.8. The first kappa shape index (κ1) is 20.0. The van der Waals surface area contributed by atoms with Crippen LogP contribution in [0.4, 0.5) is 0 Å². The van der Waals surface area contributed by atoms with Gasteiger partial charge in [-0.15, -0.1) is 0 Å². The number of rotatable bonds is 2. The predicted molar refractivity (Wildman–Crippen MR) is 156 cm³/mol. The van der Waals surface area contributed by atoms with Gasteiger partial charge in [-0.2, -0.15) is 0 Å². The molecule has 1 aliphatic rings. The molecule has 0 unspecified atom stereocenters. The maximum Gasteiger partial charge on any atom is 0.227 e. The van der Waals surface area contributed by atoms with E-state index in [0.717, 1.165) is 33.8 Å². The van der Waals surface area contributed by atoms with Crippen LogP contribution in [0.1, 0.15) is 0 Å². The molecule has 0 radical (unpaired) electrons. The quantitative estimate of drug-likeness (QED) is 0.245.